The minimum Gasteiger partial charge on any atom is -0.480 e. The minimum absolute atomic E-state index is 0.430. The number of hydrogen-bond donors (Lipinski definition) is 2. The van der Waals surface area contributed by atoms with Gasteiger partial charge in [0.1, 0.15) is 5.54 Å². The maximum atomic E-state index is 11.2. The van der Waals surface area contributed by atoms with Gasteiger partial charge >= 0.3 is 5.97 Å². The van der Waals surface area contributed by atoms with Crippen LogP contribution >= 0.6 is 0 Å². The first-order chi connectivity index (χ1) is 8.03. The molecule has 0 aliphatic rings. The van der Waals surface area contributed by atoms with Crippen molar-refractivity contribution in [3.05, 3.63) is 30.3 Å². The number of nitrogens with one attached hydrogen (secondary N) is 1. The van der Waals surface area contributed by atoms with Crippen LogP contribution in [0.5, 0.6) is 0 Å². The Bertz CT molecular complexity index is 367. The van der Waals surface area contributed by atoms with Crippen LogP contribution in [0.1, 0.15) is 13.8 Å². The average molecular weight is 236 g/mol. The Balaban J connectivity index is 2.87. The number of carboxylic acid groups (broad SMARTS) is 1. The molecule has 4 heteroatoms. The van der Waals surface area contributed by atoms with E-state index in [2.05, 4.69) is 5.32 Å². The third kappa shape index (κ3) is 3.20. The van der Waals surface area contributed by atoms with E-state index < -0.39 is 11.5 Å². The molecule has 4 nitrogen and oxygen atoms in total. The van der Waals surface area contributed by atoms with Gasteiger partial charge in [-0.15, -0.1) is 0 Å². The molecular formula is C13H20N2O2. The number of hydrogen-bond acceptors (Lipinski definition) is 3. The molecule has 17 heavy (non-hydrogen) atoms. The molecule has 1 rings (SSSR count). The van der Waals surface area contributed by atoms with E-state index in [1.807, 2.05) is 42.2 Å². The van der Waals surface area contributed by atoms with Crippen molar-refractivity contribution in [3.63, 3.8) is 0 Å². The smallest absolute Gasteiger partial charge is 0.325 e. The fourth-order valence-corrected chi connectivity index (χ4v) is 1.66. The van der Waals surface area contributed by atoms with Crippen LogP contribution in [0.3, 0.4) is 0 Å². The molecule has 1 atom stereocenters. The molecule has 0 amide bonds. The summed E-state index contributed by atoms with van der Waals surface area (Å²) in [5, 5.41) is 12.1. The molecule has 0 aromatic heterocycles. The molecule has 0 aliphatic carbocycles. The molecule has 0 radical (unpaired) electrons. The van der Waals surface area contributed by atoms with Crippen molar-refractivity contribution in [1.29, 1.82) is 0 Å². The van der Waals surface area contributed by atoms with Gasteiger partial charge in [0.05, 0.1) is 0 Å². The number of nitrogens with zero attached hydrogens (tertiary/aromatic N) is 1. The highest BCUT2D eigenvalue weighted by Gasteiger charge is 2.33. The molecule has 0 saturated heterocycles. The molecular weight excluding hydrogens is 216 g/mol. The summed E-state index contributed by atoms with van der Waals surface area (Å²) in [5.41, 5.74) is 0.101. The maximum Gasteiger partial charge on any atom is 0.325 e. The van der Waals surface area contributed by atoms with Crippen LogP contribution in [0.15, 0.2) is 30.3 Å². The molecule has 0 bridgehead atoms. The molecule has 94 valence electrons. The van der Waals surface area contributed by atoms with Crippen LogP contribution in [0, 0.1) is 0 Å². The molecule has 1 unspecified atom stereocenters. The summed E-state index contributed by atoms with van der Waals surface area (Å²) >= 11 is 0. The van der Waals surface area contributed by atoms with Crippen molar-refractivity contribution in [2.45, 2.75) is 19.4 Å². The zero-order valence-corrected chi connectivity index (χ0v) is 10.6. The van der Waals surface area contributed by atoms with Gasteiger partial charge in [0.2, 0.25) is 0 Å². The van der Waals surface area contributed by atoms with E-state index in [0.717, 1.165) is 12.2 Å². The van der Waals surface area contributed by atoms with Gasteiger partial charge in [-0.2, -0.15) is 0 Å². The number of benzene rings is 1. The SMILES string of the molecule is CCN(CC(C)(NC)C(=O)O)c1ccccc1. The van der Waals surface area contributed by atoms with Crippen LogP contribution in [0.4, 0.5) is 5.69 Å². The summed E-state index contributed by atoms with van der Waals surface area (Å²) < 4.78 is 0. The third-order valence-electron chi connectivity index (χ3n) is 3.03. The summed E-state index contributed by atoms with van der Waals surface area (Å²) in [6.07, 6.45) is 0. The molecule has 1 aromatic rings. The number of carboxylic acids is 1. The summed E-state index contributed by atoms with van der Waals surface area (Å²) in [7, 11) is 1.67. The lowest BCUT2D eigenvalue weighted by molar-refractivity contribution is -0.143. The number of anilines is 1. The Morgan fingerprint density at radius 1 is 1.41 bits per heavy atom. The lowest BCUT2D eigenvalue weighted by Crippen LogP contribution is -2.55. The highest BCUT2D eigenvalue weighted by molar-refractivity contribution is 5.79. The van der Waals surface area contributed by atoms with Gasteiger partial charge in [0.15, 0.2) is 0 Å². The molecule has 1 aromatic carbocycles. The van der Waals surface area contributed by atoms with Gasteiger partial charge < -0.3 is 15.3 Å². The Kier molecular flexibility index (Phi) is 4.52. The Labute approximate surface area is 102 Å². The van der Waals surface area contributed by atoms with Crippen LogP contribution in [-0.4, -0.2) is 36.8 Å². The van der Waals surface area contributed by atoms with Crippen LogP contribution in [-0.2, 0) is 4.79 Å². The Morgan fingerprint density at radius 3 is 2.41 bits per heavy atom. The second-order valence-corrected chi connectivity index (χ2v) is 4.24. The Hall–Kier alpha value is -1.55. The van der Waals surface area contributed by atoms with E-state index in [1.54, 1.807) is 14.0 Å². The molecule has 0 saturated carbocycles. The van der Waals surface area contributed by atoms with Crippen molar-refractivity contribution in [2.24, 2.45) is 0 Å². The highest BCUT2D eigenvalue weighted by atomic mass is 16.4. The summed E-state index contributed by atoms with van der Waals surface area (Å²) in [4.78, 5) is 13.3. The summed E-state index contributed by atoms with van der Waals surface area (Å²) in [5.74, 6) is -0.839. The van der Waals surface area contributed by atoms with Crippen molar-refractivity contribution < 1.29 is 9.90 Å². The van der Waals surface area contributed by atoms with E-state index in [1.165, 1.54) is 0 Å². The fraction of sp³-hybridized carbons (Fsp3) is 0.462. The van der Waals surface area contributed by atoms with E-state index in [-0.39, 0.29) is 0 Å². The predicted octanol–water partition coefficient (Wildman–Crippen LogP) is 1.58. The first kappa shape index (κ1) is 13.5. The van der Waals surface area contributed by atoms with Crippen LogP contribution < -0.4 is 10.2 Å². The average Bonchev–Trinajstić information content (AvgIpc) is 2.36. The van der Waals surface area contributed by atoms with E-state index in [9.17, 15) is 9.90 Å². The lowest BCUT2D eigenvalue weighted by Gasteiger charge is -2.33. The van der Waals surface area contributed by atoms with E-state index >= 15 is 0 Å². The van der Waals surface area contributed by atoms with E-state index in [4.69, 9.17) is 0 Å². The van der Waals surface area contributed by atoms with Gasteiger partial charge in [0, 0.05) is 18.8 Å². The molecule has 0 spiro atoms. The van der Waals surface area contributed by atoms with E-state index in [0.29, 0.717) is 6.54 Å². The monoisotopic (exact) mass is 236 g/mol. The number of carbonyl (C=O) groups is 1. The molecule has 0 fully saturated rings. The quantitative estimate of drug-likeness (QED) is 0.787. The molecule has 2 N–H and O–H groups in total. The fourth-order valence-electron chi connectivity index (χ4n) is 1.66. The largest absolute Gasteiger partial charge is 0.480 e. The van der Waals surface area contributed by atoms with Crippen molar-refractivity contribution >= 4 is 11.7 Å². The second kappa shape index (κ2) is 5.68. The minimum atomic E-state index is -0.939. The second-order valence-electron chi connectivity index (χ2n) is 4.24. The van der Waals surface area contributed by atoms with Gasteiger partial charge in [-0.1, -0.05) is 18.2 Å². The van der Waals surface area contributed by atoms with Gasteiger partial charge in [-0.25, -0.2) is 0 Å². The summed E-state index contributed by atoms with van der Waals surface area (Å²) in [6.45, 7) is 4.92. The van der Waals surface area contributed by atoms with Crippen LogP contribution in [0.2, 0.25) is 0 Å². The number of rotatable bonds is 6. The molecule has 0 aliphatic heterocycles. The van der Waals surface area contributed by atoms with Gasteiger partial charge in [0.25, 0.3) is 0 Å². The van der Waals surface area contributed by atoms with Crippen molar-refractivity contribution in [1.82, 2.24) is 5.32 Å². The van der Waals surface area contributed by atoms with Gasteiger partial charge in [-0.3, -0.25) is 4.79 Å². The number of likely N-dealkylation sites (N-methyl/N-ethyl adjacent to an activating group) is 2. The zero-order chi connectivity index (χ0) is 12.9. The number of para-hydroxylation sites is 1. The van der Waals surface area contributed by atoms with Crippen molar-refractivity contribution in [3.8, 4) is 0 Å². The highest BCUT2D eigenvalue weighted by Crippen LogP contribution is 2.16. The van der Waals surface area contributed by atoms with Crippen LogP contribution in [0.25, 0.3) is 0 Å². The standard InChI is InChI=1S/C13H20N2O2/c1-4-15(11-8-6-5-7-9-11)10-13(2,14-3)12(16)17/h5-9,14H,4,10H2,1-3H3,(H,16,17). The maximum absolute atomic E-state index is 11.2. The Morgan fingerprint density at radius 2 is 2.00 bits per heavy atom. The first-order valence-electron chi connectivity index (χ1n) is 5.76. The third-order valence-corrected chi connectivity index (χ3v) is 3.03. The van der Waals surface area contributed by atoms with Crippen molar-refractivity contribution in [2.75, 3.05) is 25.0 Å². The topological polar surface area (TPSA) is 52.6 Å². The zero-order valence-electron chi connectivity index (χ0n) is 10.6. The summed E-state index contributed by atoms with van der Waals surface area (Å²) in [6, 6.07) is 9.83. The lowest BCUT2D eigenvalue weighted by atomic mass is 10.0. The normalized spacial score (nSPS) is 14.1. The van der Waals surface area contributed by atoms with Gasteiger partial charge in [-0.05, 0) is 33.0 Å². The molecule has 0 heterocycles. The predicted molar refractivity (Wildman–Crippen MR) is 69.4 cm³/mol. The number of aliphatic carboxylic acids is 1. The first-order valence-corrected chi connectivity index (χ1v) is 5.76.